The van der Waals surface area contributed by atoms with E-state index in [1.54, 1.807) is 19.2 Å². The minimum absolute atomic E-state index is 0.273. The Kier molecular flexibility index (Phi) is 3.92. The summed E-state index contributed by atoms with van der Waals surface area (Å²) in [5.41, 5.74) is 1.86. The van der Waals surface area contributed by atoms with Crippen LogP contribution in [0.4, 0.5) is 11.4 Å². The SMILES string of the molecule is Cn1c(=O)c(C(=O)N2CCc3ccccc32)c(O)c2cc(NC=O)ccc21. The van der Waals surface area contributed by atoms with Crippen molar-refractivity contribution >= 4 is 34.6 Å². The van der Waals surface area contributed by atoms with E-state index in [-0.39, 0.29) is 11.3 Å². The number of hydrogen-bond acceptors (Lipinski definition) is 4. The van der Waals surface area contributed by atoms with E-state index in [0.717, 1.165) is 11.3 Å². The molecule has 0 fully saturated rings. The van der Waals surface area contributed by atoms with Crippen LogP contribution in [0.5, 0.6) is 5.75 Å². The van der Waals surface area contributed by atoms with Gasteiger partial charge in [-0.3, -0.25) is 14.4 Å². The van der Waals surface area contributed by atoms with Crippen molar-refractivity contribution in [3.63, 3.8) is 0 Å². The molecule has 0 radical (unpaired) electrons. The maximum atomic E-state index is 13.1. The number of aryl methyl sites for hydroxylation is 1. The Labute approximate surface area is 154 Å². The van der Waals surface area contributed by atoms with Crippen LogP contribution in [0.15, 0.2) is 47.3 Å². The van der Waals surface area contributed by atoms with Gasteiger partial charge in [0.2, 0.25) is 6.41 Å². The number of anilines is 2. The van der Waals surface area contributed by atoms with Gasteiger partial charge in [0.05, 0.1) is 5.52 Å². The van der Waals surface area contributed by atoms with Gasteiger partial charge in [0.25, 0.3) is 11.5 Å². The number of rotatable bonds is 3. The fourth-order valence-electron chi connectivity index (χ4n) is 3.57. The molecule has 0 atom stereocenters. The molecule has 0 aliphatic carbocycles. The molecule has 1 aliphatic heterocycles. The summed E-state index contributed by atoms with van der Waals surface area (Å²) >= 11 is 0. The maximum absolute atomic E-state index is 13.1. The first kappa shape index (κ1) is 16.8. The second-order valence-electron chi connectivity index (χ2n) is 6.42. The number of carbonyl (C=O) groups is 2. The Morgan fingerprint density at radius 3 is 2.78 bits per heavy atom. The number of benzene rings is 2. The third-order valence-electron chi connectivity index (χ3n) is 4.94. The van der Waals surface area contributed by atoms with Crippen molar-refractivity contribution in [2.75, 3.05) is 16.8 Å². The molecule has 2 aromatic carbocycles. The van der Waals surface area contributed by atoms with Crippen molar-refractivity contribution in [1.82, 2.24) is 4.57 Å². The van der Waals surface area contributed by atoms with Gasteiger partial charge in [0.15, 0.2) is 0 Å². The molecule has 7 nitrogen and oxygen atoms in total. The molecule has 2 amide bonds. The number of aromatic hydroxyl groups is 1. The molecule has 0 spiro atoms. The summed E-state index contributed by atoms with van der Waals surface area (Å²) < 4.78 is 1.33. The Bertz CT molecular complexity index is 1150. The Hall–Kier alpha value is -3.61. The molecule has 2 heterocycles. The fourth-order valence-corrected chi connectivity index (χ4v) is 3.57. The summed E-state index contributed by atoms with van der Waals surface area (Å²) in [4.78, 5) is 38.2. The summed E-state index contributed by atoms with van der Waals surface area (Å²) in [7, 11) is 1.55. The first-order chi connectivity index (χ1) is 13.0. The molecule has 1 aromatic heterocycles. The average molecular weight is 363 g/mol. The van der Waals surface area contributed by atoms with Crippen molar-refractivity contribution in [3.8, 4) is 5.75 Å². The van der Waals surface area contributed by atoms with Crippen molar-refractivity contribution < 1.29 is 14.7 Å². The number of hydrogen-bond donors (Lipinski definition) is 2. The van der Waals surface area contributed by atoms with Gasteiger partial charge < -0.3 is 19.9 Å². The van der Waals surface area contributed by atoms with Crippen LogP contribution in [0.25, 0.3) is 10.9 Å². The van der Waals surface area contributed by atoms with E-state index >= 15 is 0 Å². The molecule has 136 valence electrons. The quantitative estimate of drug-likeness (QED) is 0.697. The predicted octanol–water partition coefficient (Wildman–Crippen LogP) is 2.02. The summed E-state index contributed by atoms with van der Waals surface area (Å²) in [6.45, 7) is 0.450. The van der Waals surface area contributed by atoms with Crippen LogP contribution in [-0.4, -0.2) is 28.5 Å². The number of aromatic nitrogens is 1. The second kappa shape index (κ2) is 6.28. The average Bonchev–Trinajstić information content (AvgIpc) is 3.11. The van der Waals surface area contributed by atoms with E-state index in [1.807, 2.05) is 24.3 Å². The molecule has 3 aromatic rings. The first-order valence-corrected chi connectivity index (χ1v) is 8.48. The van der Waals surface area contributed by atoms with Crippen LogP contribution < -0.4 is 15.8 Å². The van der Waals surface area contributed by atoms with Crippen LogP contribution in [0.1, 0.15) is 15.9 Å². The van der Waals surface area contributed by atoms with E-state index < -0.39 is 11.5 Å². The molecule has 0 saturated heterocycles. The Morgan fingerprint density at radius 2 is 2.00 bits per heavy atom. The topological polar surface area (TPSA) is 91.6 Å². The van der Waals surface area contributed by atoms with Gasteiger partial charge in [-0.15, -0.1) is 0 Å². The van der Waals surface area contributed by atoms with E-state index in [4.69, 9.17) is 0 Å². The van der Waals surface area contributed by atoms with Crippen molar-refractivity contribution in [2.24, 2.45) is 7.05 Å². The molecule has 7 heteroatoms. The summed E-state index contributed by atoms with van der Waals surface area (Å²) in [5, 5.41) is 13.6. The number of nitrogens with zero attached hydrogens (tertiary/aromatic N) is 2. The monoisotopic (exact) mass is 363 g/mol. The lowest BCUT2D eigenvalue weighted by atomic mass is 10.1. The smallest absolute Gasteiger partial charge is 0.267 e. The predicted molar refractivity (Wildman–Crippen MR) is 102 cm³/mol. The highest BCUT2D eigenvalue weighted by atomic mass is 16.3. The molecule has 0 bridgehead atoms. The van der Waals surface area contributed by atoms with E-state index in [1.165, 1.54) is 15.5 Å². The molecule has 4 rings (SSSR count). The number of carbonyl (C=O) groups excluding carboxylic acids is 2. The van der Waals surface area contributed by atoms with Gasteiger partial charge in [-0.1, -0.05) is 18.2 Å². The van der Waals surface area contributed by atoms with Gasteiger partial charge >= 0.3 is 0 Å². The van der Waals surface area contributed by atoms with Gasteiger partial charge in [0.1, 0.15) is 11.3 Å². The van der Waals surface area contributed by atoms with Crippen LogP contribution in [0.2, 0.25) is 0 Å². The van der Waals surface area contributed by atoms with E-state index in [0.29, 0.717) is 36.0 Å². The molecular formula is C20H17N3O4. The molecular weight excluding hydrogens is 346 g/mol. The maximum Gasteiger partial charge on any atom is 0.267 e. The highest BCUT2D eigenvalue weighted by molar-refractivity contribution is 6.11. The number of fused-ring (bicyclic) bond motifs is 2. The zero-order valence-electron chi connectivity index (χ0n) is 14.6. The lowest BCUT2D eigenvalue weighted by molar-refractivity contribution is -0.105. The van der Waals surface area contributed by atoms with Crippen LogP contribution >= 0.6 is 0 Å². The van der Waals surface area contributed by atoms with Crippen molar-refractivity contribution in [2.45, 2.75) is 6.42 Å². The van der Waals surface area contributed by atoms with E-state index in [9.17, 15) is 19.5 Å². The standard InChI is InChI=1S/C20H17N3O4/c1-22-16-7-6-13(21-11-24)10-14(16)18(25)17(19(22)26)20(27)23-9-8-12-4-2-3-5-15(12)23/h2-7,10-11,25H,8-9H2,1H3,(H,21,24). The van der Waals surface area contributed by atoms with Gasteiger partial charge in [-0.05, 0) is 36.2 Å². The lowest BCUT2D eigenvalue weighted by Crippen LogP contribution is -2.35. The third kappa shape index (κ3) is 2.55. The minimum atomic E-state index is -0.564. The highest BCUT2D eigenvalue weighted by Gasteiger charge is 2.30. The second-order valence-corrected chi connectivity index (χ2v) is 6.42. The largest absolute Gasteiger partial charge is 0.506 e. The number of para-hydroxylation sites is 1. The molecule has 27 heavy (non-hydrogen) atoms. The van der Waals surface area contributed by atoms with Crippen LogP contribution in [-0.2, 0) is 18.3 Å². The number of amides is 2. The fraction of sp³-hybridized carbons (Fsp3) is 0.150. The van der Waals surface area contributed by atoms with E-state index in [2.05, 4.69) is 5.32 Å². The Morgan fingerprint density at radius 1 is 1.22 bits per heavy atom. The summed E-state index contributed by atoms with van der Waals surface area (Å²) in [6.07, 6.45) is 1.22. The molecule has 2 N–H and O–H groups in total. The number of nitrogens with one attached hydrogen (secondary N) is 1. The molecule has 0 saturated carbocycles. The molecule has 0 unspecified atom stereocenters. The Balaban J connectivity index is 1.90. The van der Waals surface area contributed by atoms with Crippen LogP contribution in [0, 0.1) is 0 Å². The number of pyridine rings is 1. The van der Waals surface area contributed by atoms with Crippen molar-refractivity contribution in [1.29, 1.82) is 0 Å². The normalized spacial score (nSPS) is 12.9. The zero-order valence-corrected chi connectivity index (χ0v) is 14.6. The van der Waals surface area contributed by atoms with Gasteiger partial charge in [-0.2, -0.15) is 0 Å². The zero-order chi connectivity index (χ0) is 19.1. The van der Waals surface area contributed by atoms with Gasteiger partial charge in [-0.25, -0.2) is 0 Å². The van der Waals surface area contributed by atoms with Crippen molar-refractivity contribution in [3.05, 3.63) is 63.9 Å². The minimum Gasteiger partial charge on any atom is -0.506 e. The third-order valence-corrected chi connectivity index (χ3v) is 4.94. The molecule has 1 aliphatic rings. The first-order valence-electron chi connectivity index (χ1n) is 8.48. The van der Waals surface area contributed by atoms with Gasteiger partial charge in [0, 0.05) is 30.4 Å². The highest BCUT2D eigenvalue weighted by Crippen LogP contribution is 2.33. The van der Waals surface area contributed by atoms with Crippen LogP contribution in [0.3, 0.4) is 0 Å². The lowest BCUT2D eigenvalue weighted by Gasteiger charge is -2.19. The summed E-state index contributed by atoms with van der Waals surface area (Å²) in [5.74, 6) is -0.911. The summed E-state index contributed by atoms with van der Waals surface area (Å²) in [6, 6.07) is 12.3.